The summed E-state index contributed by atoms with van der Waals surface area (Å²) in [6.07, 6.45) is 6.56. The quantitative estimate of drug-likeness (QED) is 0.0480. The fraction of sp³-hybridized carbons (Fsp3) is 0.455. The van der Waals surface area contributed by atoms with Gasteiger partial charge < -0.3 is 26.0 Å². The molecule has 0 bridgehead atoms. The molecule has 1 aliphatic rings. The molecule has 0 aliphatic carbocycles. The molecule has 16 nitrogen and oxygen atoms in total. The average molecular weight is 1050 g/mol. The average Bonchev–Trinajstić information content (AvgIpc) is 4.23. The molecule has 7 aromatic rings. The lowest BCUT2D eigenvalue weighted by Gasteiger charge is -2.35. The minimum atomic E-state index is -4.44. The second-order valence-electron chi connectivity index (χ2n) is 20.7. The van der Waals surface area contributed by atoms with E-state index in [1.807, 2.05) is 74.5 Å². The van der Waals surface area contributed by atoms with Crippen LogP contribution in [0.15, 0.2) is 84.6 Å². The molecule has 0 radical (unpaired) electrons. The summed E-state index contributed by atoms with van der Waals surface area (Å²) in [6.45, 7) is 9.14. The molecule has 1 fully saturated rings. The predicted octanol–water partition coefficient (Wildman–Crippen LogP) is 8.85. The molecule has 3 aromatic carbocycles. The van der Waals surface area contributed by atoms with Crippen LogP contribution in [0.3, 0.4) is 0 Å². The molecule has 0 spiro atoms. The summed E-state index contributed by atoms with van der Waals surface area (Å²) in [5, 5.41) is 34.3. The lowest BCUT2D eigenvalue weighted by atomic mass is 9.85. The summed E-state index contributed by atoms with van der Waals surface area (Å²) in [7, 11) is 1.78. The first-order valence-electron chi connectivity index (χ1n) is 25.7. The lowest BCUT2D eigenvalue weighted by Crippen LogP contribution is -2.57. The number of rotatable bonds is 22. The summed E-state index contributed by atoms with van der Waals surface area (Å²) >= 11 is 1.57. The van der Waals surface area contributed by atoms with Gasteiger partial charge in [0.2, 0.25) is 17.7 Å². The Bertz CT molecular complexity index is 3100. The molecule has 5 heterocycles. The topological polar surface area (TPSA) is 194 Å². The van der Waals surface area contributed by atoms with E-state index in [-0.39, 0.29) is 49.6 Å². The highest BCUT2D eigenvalue weighted by Crippen LogP contribution is 2.35. The van der Waals surface area contributed by atoms with Gasteiger partial charge in [-0.2, -0.15) is 18.3 Å². The first-order valence-corrected chi connectivity index (χ1v) is 26.6. The highest BCUT2D eigenvalue weighted by Gasteiger charge is 2.44. The number of likely N-dealkylation sites (tertiary alicyclic amines) is 1. The normalized spacial score (nSPS) is 15.5. The van der Waals surface area contributed by atoms with E-state index in [1.54, 1.807) is 45.8 Å². The van der Waals surface area contributed by atoms with Crippen LogP contribution in [-0.4, -0.2) is 99.2 Å². The minimum Gasteiger partial charge on any atom is -0.391 e. The fourth-order valence-corrected chi connectivity index (χ4v) is 10.5. The number of carbonyl (C=O) groups is 4. The summed E-state index contributed by atoms with van der Waals surface area (Å²) < 4.78 is 45.0. The van der Waals surface area contributed by atoms with Gasteiger partial charge in [-0.15, -0.1) is 16.4 Å². The van der Waals surface area contributed by atoms with Gasteiger partial charge in [0, 0.05) is 80.5 Å². The molecule has 75 heavy (non-hydrogen) atoms. The van der Waals surface area contributed by atoms with Gasteiger partial charge in [-0.05, 0) is 98.0 Å². The van der Waals surface area contributed by atoms with Gasteiger partial charge >= 0.3 is 6.18 Å². The molecule has 20 heteroatoms. The number of benzene rings is 3. The van der Waals surface area contributed by atoms with Crippen LogP contribution in [0.1, 0.15) is 118 Å². The van der Waals surface area contributed by atoms with Crippen LogP contribution in [0.2, 0.25) is 0 Å². The van der Waals surface area contributed by atoms with Crippen molar-refractivity contribution in [2.75, 3.05) is 13.1 Å². The van der Waals surface area contributed by atoms with Crippen molar-refractivity contribution in [3.05, 3.63) is 113 Å². The summed E-state index contributed by atoms with van der Waals surface area (Å²) in [5.41, 5.74) is 6.60. The van der Waals surface area contributed by atoms with Crippen LogP contribution < -0.4 is 16.0 Å². The van der Waals surface area contributed by atoms with Crippen LogP contribution >= 0.6 is 11.3 Å². The number of hydrogen-bond acceptors (Lipinski definition) is 10. The van der Waals surface area contributed by atoms with Crippen LogP contribution in [0.4, 0.5) is 13.2 Å². The molecule has 1 aliphatic heterocycles. The van der Waals surface area contributed by atoms with Crippen LogP contribution in [-0.2, 0) is 47.1 Å². The number of nitrogens with zero attached hydrogens (tertiary/aromatic N) is 8. The van der Waals surface area contributed by atoms with Crippen molar-refractivity contribution >= 4 is 56.9 Å². The summed E-state index contributed by atoms with van der Waals surface area (Å²) in [4.78, 5) is 60.8. The number of thiazole rings is 1. The zero-order valence-electron chi connectivity index (χ0n) is 43.1. The second kappa shape index (κ2) is 23.7. The molecule has 8 rings (SSSR count). The molecule has 0 saturated carbocycles. The highest BCUT2D eigenvalue weighted by atomic mass is 32.1. The number of fused-ring (bicyclic) bond motifs is 3. The number of halogens is 3. The maximum absolute atomic E-state index is 14.0. The molecular formula is C55H66F3N11O5S. The van der Waals surface area contributed by atoms with Gasteiger partial charge in [0.25, 0.3) is 5.91 Å². The maximum Gasteiger partial charge on any atom is 0.416 e. The van der Waals surface area contributed by atoms with E-state index >= 15 is 0 Å². The number of aliphatic hydroxyl groups is 1. The molecule has 4 N–H and O–H groups in total. The van der Waals surface area contributed by atoms with Crippen LogP contribution in [0.5, 0.6) is 0 Å². The Balaban J connectivity index is 0.701. The van der Waals surface area contributed by atoms with Crippen LogP contribution in [0.25, 0.3) is 38.1 Å². The largest absolute Gasteiger partial charge is 0.416 e. The minimum absolute atomic E-state index is 0.00966. The van der Waals surface area contributed by atoms with Gasteiger partial charge in [-0.3, -0.25) is 33.1 Å². The zero-order valence-corrected chi connectivity index (χ0v) is 43.9. The number of aliphatic hydroxyl groups excluding tert-OH is 1. The van der Waals surface area contributed by atoms with E-state index in [4.69, 9.17) is 0 Å². The molecule has 4 aromatic heterocycles. The molecular weight excluding hydrogens is 984 g/mol. The fourth-order valence-electron chi connectivity index (χ4n) is 9.67. The lowest BCUT2D eigenvalue weighted by molar-refractivity contribution is -0.144. The van der Waals surface area contributed by atoms with Crippen molar-refractivity contribution in [1.82, 2.24) is 55.2 Å². The number of carbonyl (C=O) groups excluding carboxylic acids is 4. The first-order chi connectivity index (χ1) is 35.8. The van der Waals surface area contributed by atoms with Gasteiger partial charge in [0.05, 0.1) is 39.0 Å². The number of aryl methyl sites for hydroxylation is 4. The molecule has 1 saturated heterocycles. The van der Waals surface area contributed by atoms with Gasteiger partial charge in [0.1, 0.15) is 12.1 Å². The van der Waals surface area contributed by atoms with Gasteiger partial charge in [-0.1, -0.05) is 75.9 Å². The highest BCUT2D eigenvalue weighted by molar-refractivity contribution is 7.13. The van der Waals surface area contributed by atoms with E-state index in [9.17, 15) is 37.5 Å². The number of aromatic nitrogens is 7. The molecule has 398 valence electrons. The maximum atomic E-state index is 14.0. The van der Waals surface area contributed by atoms with E-state index in [0.717, 1.165) is 114 Å². The Kier molecular flexibility index (Phi) is 17.2. The zero-order chi connectivity index (χ0) is 53.4. The number of unbranched alkanes of at least 4 members (excludes halogenated alkanes) is 6. The third kappa shape index (κ3) is 13.5. The standard InChI is InChI=1S/C55H66F3N11O5S/c1-35-48(75-34-61-35)37-18-16-36(17-19-37)30-60-52(73)46-29-42(70)32-68(46)53(74)49(54(2,3)4)62-47(71)15-11-9-10-14-40-31-67(65-63-40)27-13-8-6-7-12-26-59-51(72)38-20-25-45-43(28-38)44-33-66(5)64-50(44)69(45)41-23-21-39(22-24-41)55(56,57)58/h16-25,28,31,33-34,42,46,49,70H,6-15,26-27,29-30,32H2,1-5H3,(H,59,72)(H,60,73)(H,62,71)/t42-,46?,49-/m1/s1. The van der Waals surface area contributed by atoms with E-state index < -0.39 is 35.3 Å². The summed E-state index contributed by atoms with van der Waals surface area (Å²) in [5.74, 6) is -1.18. The predicted molar refractivity (Wildman–Crippen MR) is 282 cm³/mol. The van der Waals surface area contributed by atoms with E-state index in [2.05, 4.69) is 36.3 Å². The molecule has 4 amide bonds. The van der Waals surface area contributed by atoms with Crippen molar-refractivity contribution < 1.29 is 37.5 Å². The second-order valence-corrected chi connectivity index (χ2v) is 21.5. The van der Waals surface area contributed by atoms with Crippen molar-refractivity contribution in [1.29, 1.82) is 0 Å². The first kappa shape index (κ1) is 54.3. The van der Waals surface area contributed by atoms with Crippen molar-refractivity contribution in [2.45, 2.75) is 136 Å². The van der Waals surface area contributed by atoms with Crippen LogP contribution in [0, 0.1) is 12.3 Å². The van der Waals surface area contributed by atoms with Crippen molar-refractivity contribution in [3.63, 3.8) is 0 Å². The van der Waals surface area contributed by atoms with Gasteiger partial charge in [-0.25, -0.2) is 4.98 Å². The number of β-amino-alcohol motifs (C(OH)–C–C–N with tert-alkyl or cyclic N) is 1. The van der Waals surface area contributed by atoms with E-state index in [1.165, 1.54) is 17.0 Å². The summed E-state index contributed by atoms with van der Waals surface area (Å²) in [6, 6.07) is 16.4. The Morgan fingerprint density at radius 1 is 0.867 bits per heavy atom. The molecule has 3 atom stereocenters. The number of amides is 4. The number of alkyl halides is 3. The smallest absolute Gasteiger partial charge is 0.391 e. The third-order valence-corrected chi connectivity index (χ3v) is 14.7. The Hall–Kier alpha value is -6.93. The third-order valence-electron chi connectivity index (χ3n) is 13.7. The van der Waals surface area contributed by atoms with E-state index in [0.29, 0.717) is 29.9 Å². The number of nitrogens with one attached hydrogen (secondary N) is 3. The van der Waals surface area contributed by atoms with Gasteiger partial charge in [0.15, 0.2) is 5.65 Å². The van der Waals surface area contributed by atoms with Crippen molar-refractivity contribution in [3.8, 4) is 16.1 Å². The monoisotopic (exact) mass is 1050 g/mol. The SMILES string of the molecule is Cc1ncsc1-c1ccc(CNC(=O)C2C[C@@H](O)CN2C(=O)[C@@H](NC(=O)CCCCCc2cn(CCCCCCCNC(=O)c3ccc4c(c3)c3cn(C)nc3n4-c3ccc(C(F)(F)F)cc3)nn2)C(C)(C)C)cc1. The Morgan fingerprint density at radius 2 is 1.60 bits per heavy atom. The Labute approximate surface area is 438 Å². The number of hydrogen-bond donors (Lipinski definition) is 4. The van der Waals surface area contributed by atoms with Crippen molar-refractivity contribution in [2.24, 2.45) is 12.5 Å². The Morgan fingerprint density at radius 3 is 2.32 bits per heavy atom. The molecule has 1 unspecified atom stereocenters.